The van der Waals surface area contributed by atoms with Gasteiger partial charge >= 0.3 is 6.09 Å². The van der Waals surface area contributed by atoms with Crippen molar-refractivity contribution in [2.45, 2.75) is 106 Å². The maximum atomic E-state index is 15.5. The molecule has 4 heterocycles. The average Bonchev–Trinajstić information content (AvgIpc) is 3.71. The molecule has 0 bridgehead atoms. The number of carbonyl (C=O) groups excluding carboxylic acids is 3. The number of thioether (sulfide) groups is 1. The maximum absolute atomic E-state index is 15.5. The van der Waals surface area contributed by atoms with Crippen LogP contribution in [0.15, 0.2) is 65.4 Å². The molecule has 2 aliphatic heterocycles. The summed E-state index contributed by atoms with van der Waals surface area (Å²) in [7, 11) is 6.15. The number of rotatable bonds is 17. The molecule has 20 heteroatoms. The number of hydrogen-bond donors (Lipinski definition) is 5. The number of amides is 1. The van der Waals surface area contributed by atoms with Crippen molar-refractivity contribution in [1.29, 1.82) is 0 Å². The highest BCUT2D eigenvalue weighted by atomic mass is 32.8. The van der Waals surface area contributed by atoms with Crippen LogP contribution < -0.4 is 15.4 Å². The van der Waals surface area contributed by atoms with E-state index in [2.05, 4.69) is 44.3 Å². The standard InChI is InChI=1S/C51H63N5O12S3/c1-28(2)53-36-27-65-41(26-40(36)62-6)68-46-48(60)51(70-8,47(59)45-44-31(18-20-52-45)34-24-30(16-17-35(34)54-44)64-22-21-56(4)5)29(3)66-49(46)67-39-15-13-11-10-12-14-33-42(39)32(19-23-71(9)69)37(57)25-38(58)43(33)55-50(61)63-7/h10-11,16-20,24,28-29,36-37,39-41,43,46,48-49,53-54,57,60H,21-23,25-27H2,1-9H3,(H,55,61)/b11-10-,32-19-/t29?,36?,37-,39-,40?,41?,43?,46?,48?,49?,51?,71?/m0/s1. The molecular weight excluding hydrogens is 971 g/mol. The van der Waals surface area contributed by atoms with Gasteiger partial charge in [0.1, 0.15) is 47.2 Å². The largest absolute Gasteiger partial charge is 0.492 e. The topological polar surface area (TPSA) is 212 Å². The molecular formula is C51H63N5O12S3. The zero-order valence-corrected chi connectivity index (χ0v) is 43.8. The highest BCUT2D eigenvalue weighted by molar-refractivity contribution is 8.28. The third-order valence-electron chi connectivity index (χ3n) is 12.8. The van der Waals surface area contributed by atoms with Crippen LogP contribution in [0.4, 0.5) is 4.79 Å². The lowest BCUT2D eigenvalue weighted by molar-refractivity contribution is -0.322. The van der Waals surface area contributed by atoms with Crippen molar-refractivity contribution in [3.05, 3.63) is 71.1 Å². The molecule has 12 atom stereocenters. The number of H-pyrrole nitrogens is 1. The molecule has 17 nitrogen and oxygen atoms in total. The average molecular weight is 1030 g/mol. The number of nitrogens with zero attached hydrogens (tertiary/aromatic N) is 2. The minimum Gasteiger partial charge on any atom is -0.492 e. The smallest absolute Gasteiger partial charge is 0.407 e. The molecule has 7 rings (SSSR count). The van der Waals surface area contributed by atoms with E-state index < -0.39 is 87.4 Å². The number of ether oxygens (including phenoxy) is 7. The Hall–Kier alpha value is -4.52. The van der Waals surface area contributed by atoms with Gasteiger partial charge in [0.25, 0.3) is 0 Å². The zero-order chi connectivity index (χ0) is 51.1. The number of allylic oxidation sites excluding steroid dienone is 2. The van der Waals surface area contributed by atoms with Gasteiger partial charge in [0.15, 0.2) is 18.4 Å². The molecule has 382 valence electrons. The normalized spacial score (nSPS) is 30.3. The van der Waals surface area contributed by atoms with Crippen LogP contribution in [0.1, 0.15) is 44.1 Å². The molecule has 71 heavy (non-hydrogen) atoms. The number of Topliss-reactive ketones (excluding diaryl/α,β-unsaturated/α-hetero) is 2. The molecule has 2 aliphatic carbocycles. The molecule has 0 radical (unpaired) electrons. The zero-order valence-electron chi connectivity index (χ0n) is 41.3. The Kier molecular flexibility index (Phi) is 18.4. The van der Waals surface area contributed by atoms with Gasteiger partial charge in [0.05, 0.1) is 43.6 Å². The van der Waals surface area contributed by atoms with Crippen LogP contribution in [0.25, 0.3) is 21.8 Å². The number of carbonyl (C=O) groups is 3. The van der Waals surface area contributed by atoms with Gasteiger partial charge in [-0.25, -0.2) is 4.79 Å². The number of fused-ring (bicyclic) bond motifs is 3. The summed E-state index contributed by atoms with van der Waals surface area (Å²) in [4.78, 5) is 52.4. The summed E-state index contributed by atoms with van der Waals surface area (Å²) in [6, 6.07) is 6.07. The third kappa shape index (κ3) is 12.0. The third-order valence-corrected chi connectivity index (χ3v) is 15.3. The predicted octanol–water partition coefficient (Wildman–Crippen LogP) is 3.51. The lowest BCUT2D eigenvalue weighted by Gasteiger charge is -2.51. The Morgan fingerprint density at radius 1 is 1.15 bits per heavy atom. The van der Waals surface area contributed by atoms with E-state index >= 15 is 4.79 Å². The van der Waals surface area contributed by atoms with Crippen molar-refractivity contribution >= 4 is 71.9 Å². The van der Waals surface area contributed by atoms with Crippen LogP contribution >= 0.6 is 11.8 Å². The molecule has 0 spiro atoms. The number of ketones is 2. The van der Waals surface area contributed by atoms with E-state index in [0.29, 0.717) is 23.6 Å². The van der Waals surface area contributed by atoms with Gasteiger partial charge < -0.3 is 63.9 Å². The molecule has 2 saturated heterocycles. The number of pyridine rings is 1. The van der Waals surface area contributed by atoms with Crippen molar-refractivity contribution in [3.63, 3.8) is 0 Å². The summed E-state index contributed by atoms with van der Waals surface area (Å²) < 4.78 is 42.0. The van der Waals surface area contributed by atoms with Gasteiger partial charge in [0.2, 0.25) is 5.78 Å². The molecule has 0 saturated carbocycles. The first-order chi connectivity index (χ1) is 34.0. The molecule has 1 amide bonds. The molecule has 2 fully saturated rings. The van der Waals surface area contributed by atoms with E-state index in [0.717, 1.165) is 34.6 Å². The fourth-order valence-electron chi connectivity index (χ4n) is 9.33. The van der Waals surface area contributed by atoms with Crippen LogP contribution in [-0.4, -0.2) is 181 Å². The SMILES string of the molecule is COC(=O)NC1C(=O)C[C@H](O)/C(=C/CS(C)=S)C2=C1C#C/C=C\C#C[C@@H]2OC1OC(C)C(SC)(C(=O)c2nccc3c2[nH]c2ccc(OCCN(C)C)cc23)C(O)C1OC1CC(OC)C(NC(C)C)CO1. The van der Waals surface area contributed by atoms with E-state index in [1.165, 1.54) is 19.3 Å². The predicted molar refractivity (Wildman–Crippen MR) is 276 cm³/mol. The van der Waals surface area contributed by atoms with Crippen LogP contribution in [0.5, 0.6) is 5.75 Å². The molecule has 10 unspecified atom stereocenters. The van der Waals surface area contributed by atoms with E-state index in [1.54, 1.807) is 32.6 Å². The fourth-order valence-corrected chi connectivity index (χ4v) is 11.0. The van der Waals surface area contributed by atoms with Gasteiger partial charge in [-0.3, -0.25) is 14.6 Å². The first-order valence-corrected chi connectivity index (χ1v) is 27.3. The minimum atomic E-state index is -1.77. The number of methoxy groups -OCH3 is 2. The molecule has 1 aromatic carbocycles. The van der Waals surface area contributed by atoms with Crippen molar-refractivity contribution in [2.24, 2.45) is 0 Å². The Balaban J connectivity index is 1.33. The number of aromatic nitrogens is 2. The first kappa shape index (κ1) is 54.3. The van der Waals surface area contributed by atoms with Gasteiger partial charge in [-0.05, 0) is 75.5 Å². The quantitative estimate of drug-likeness (QED) is 0.0968. The first-order valence-electron chi connectivity index (χ1n) is 23.3. The van der Waals surface area contributed by atoms with Crippen LogP contribution in [-0.2, 0) is 53.9 Å². The van der Waals surface area contributed by atoms with Crippen LogP contribution in [0.2, 0.25) is 0 Å². The molecule has 3 aromatic rings. The summed E-state index contributed by atoms with van der Waals surface area (Å²) in [5.74, 6) is 11.9. The number of aliphatic hydroxyl groups excluding tert-OH is 2. The van der Waals surface area contributed by atoms with Gasteiger partial charge in [-0.2, -0.15) is 0 Å². The number of alkyl carbamates (subject to hydrolysis) is 1. The number of aliphatic hydroxyl groups is 2. The summed E-state index contributed by atoms with van der Waals surface area (Å²) in [5, 5.41) is 32.5. The summed E-state index contributed by atoms with van der Waals surface area (Å²) >= 11 is 6.65. The summed E-state index contributed by atoms with van der Waals surface area (Å²) in [6.45, 7) is 7.12. The Morgan fingerprint density at radius 3 is 2.63 bits per heavy atom. The number of hydrogen-bond acceptors (Lipinski definition) is 17. The lowest BCUT2D eigenvalue weighted by Crippen LogP contribution is -2.68. The Morgan fingerprint density at radius 2 is 1.93 bits per heavy atom. The van der Waals surface area contributed by atoms with E-state index in [1.807, 2.05) is 63.4 Å². The maximum Gasteiger partial charge on any atom is 0.407 e. The Labute approximate surface area is 425 Å². The van der Waals surface area contributed by atoms with Crippen molar-refractivity contribution in [1.82, 2.24) is 25.5 Å². The second-order valence-electron chi connectivity index (χ2n) is 18.2. The minimum absolute atomic E-state index is 0.0710. The number of nitrogens with one attached hydrogen (secondary N) is 3. The van der Waals surface area contributed by atoms with E-state index in [-0.39, 0.29) is 53.6 Å². The molecule has 4 aliphatic rings. The summed E-state index contributed by atoms with van der Waals surface area (Å²) in [6.07, 6.45) is -1.05. The van der Waals surface area contributed by atoms with Gasteiger partial charge in [-0.1, -0.05) is 54.8 Å². The second kappa shape index (κ2) is 24.0. The second-order valence-corrected chi connectivity index (χ2v) is 22.4. The van der Waals surface area contributed by atoms with Gasteiger partial charge in [0, 0.05) is 71.9 Å². The lowest BCUT2D eigenvalue weighted by atomic mass is 9.83. The van der Waals surface area contributed by atoms with Crippen LogP contribution in [0.3, 0.4) is 0 Å². The van der Waals surface area contributed by atoms with Crippen molar-refractivity contribution in [3.8, 4) is 29.4 Å². The van der Waals surface area contributed by atoms with Crippen LogP contribution in [0, 0.1) is 23.7 Å². The number of aromatic amines is 1. The summed E-state index contributed by atoms with van der Waals surface area (Å²) in [5.41, 5.74) is 1.84. The Bertz CT molecular complexity index is 2720. The number of benzene rings is 1. The highest BCUT2D eigenvalue weighted by Gasteiger charge is 2.61. The number of likely N-dealkylation sites (N-methyl/N-ethyl adjacent to an activating group) is 1. The monoisotopic (exact) mass is 1030 g/mol. The molecule has 5 N–H and O–H groups in total. The van der Waals surface area contributed by atoms with E-state index in [9.17, 15) is 19.8 Å². The van der Waals surface area contributed by atoms with Crippen molar-refractivity contribution in [2.75, 3.05) is 66.3 Å². The van der Waals surface area contributed by atoms with E-state index in [4.69, 9.17) is 44.3 Å². The van der Waals surface area contributed by atoms with Crippen molar-refractivity contribution < 1.29 is 57.8 Å². The van der Waals surface area contributed by atoms with Gasteiger partial charge in [-0.15, -0.1) is 21.2 Å². The molecule has 2 aromatic heterocycles. The highest BCUT2D eigenvalue weighted by Crippen LogP contribution is 2.46. The fraction of sp³-hybridized carbons (Fsp3) is 0.529.